The number of halogens is 3. The first kappa shape index (κ1) is 16.0. The van der Waals surface area contributed by atoms with Gasteiger partial charge in [-0.15, -0.1) is 0 Å². The molecule has 20 heavy (non-hydrogen) atoms. The van der Waals surface area contributed by atoms with Crippen molar-refractivity contribution in [3.05, 3.63) is 0 Å². The first-order valence-electron chi connectivity index (χ1n) is 6.80. The normalized spacial score (nSPS) is 31.6. The Kier molecular flexibility index (Phi) is 4.91. The average molecular weight is 298 g/mol. The Bertz CT molecular complexity index is 324. The molecule has 2 aliphatic heterocycles. The number of rotatable bonds is 4. The standard InChI is InChI=1S/C12H21F3N2O3/c13-12(14,15)11(19)1-2-17(9-11)8-10(18)7-16-3-5-20-6-4-16/h10,18-19H,1-9H2. The summed E-state index contributed by atoms with van der Waals surface area (Å²) in [6.07, 6.45) is -5.67. The van der Waals surface area contributed by atoms with Crippen molar-refractivity contribution in [3.8, 4) is 0 Å². The van der Waals surface area contributed by atoms with Crippen molar-refractivity contribution in [1.29, 1.82) is 0 Å². The van der Waals surface area contributed by atoms with Gasteiger partial charge in [0.1, 0.15) is 0 Å². The summed E-state index contributed by atoms with van der Waals surface area (Å²) in [6, 6.07) is 0. The van der Waals surface area contributed by atoms with Crippen molar-refractivity contribution in [2.45, 2.75) is 24.3 Å². The lowest BCUT2D eigenvalue weighted by Gasteiger charge is -2.30. The van der Waals surface area contributed by atoms with Gasteiger partial charge in [-0.25, -0.2) is 0 Å². The highest BCUT2D eigenvalue weighted by Gasteiger charge is 2.56. The minimum atomic E-state index is -4.61. The van der Waals surface area contributed by atoms with Crippen molar-refractivity contribution in [2.75, 3.05) is 52.5 Å². The van der Waals surface area contributed by atoms with Gasteiger partial charge in [0.25, 0.3) is 0 Å². The Balaban J connectivity index is 1.77. The number of morpholine rings is 1. The van der Waals surface area contributed by atoms with E-state index in [1.807, 2.05) is 4.90 Å². The molecule has 2 aliphatic rings. The quantitative estimate of drug-likeness (QED) is 0.745. The largest absolute Gasteiger partial charge is 0.418 e. The Morgan fingerprint density at radius 3 is 2.25 bits per heavy atom. The minimum absolute atomic E-state index is 0.149. The fourth-order valence-electron chi connectivity index (χ4n) is 2.70. The average Bonchev–Trinajstić information content (AvgIpc) is 2.72. The third-order valence-corrected chi connectivity index (χ3v) is 3.90. The molecule has 2 atom stereocenters. The van der Waals surface area contributed by atoms with Crippen LogP contribution in [-0.2, 0) is 4.74 Å². The third kappa shape index (κ3) is 3.82. The van der Waals surface area contributed by atoms with Crippen LogP contribution >= 0.6 is 0 Å². The number of alkyl halides is 3. The predicted molar refractivity (Wildman–Crippen MR) is 65.3 cm³/mol. The van der Waals surface area contributed by atoms with Crippen LogP contribution in [0.2, 0.25) is 0 Å². The SMILES string of the molecule is OC(CN1CCOCC1)CN1CCC(O)(C(F)(F)F)C1. The van der Waals surface area contributed by atoms with Gasteiger partial charge in [-0.3, -0.25) is 9.80 Å². The van der Waals surface area contributed by atoms with E-state index in [9.17, 15) is 23.4 Å². The van der Waals surface area contributed by atoms with Crippen LogP contribution in [0.4, 0.5) is 13.2 Å². The van der Waals surface area contributed by atoms with Crippen LogP contribution in [0.15, 0.2) is 0 Å². The molecule has 0 aromatic carbocycles. The van der Waals surface area contributed by atoms with E-state index in [0.717, 1.165) is 13.1 Å². The van der Waals surface area contributed by atoms with Crippen LogP contribution in [0.3, 0.4) is 0 Å². The monoisotopic (exact) mass is 298 g/mol. The topological polar surface area (TPSA) is 56.2 Å². The maximum atomic E-state index is 12.7. The molecule has 2 unspecified atom stereocenters. The van der Waals surface area contributed by atoms with Crippen molar-refractivity contribution in [3.63, 3.8) is 0 Å². The lowest BCUT2D eigenvalue weighted by atomic mass is 10.0. The van der Waals surface area contributed by atoms with E-state index in [1.165, 1.54) is 4.90 Å². The molecule has 0 saturated carbocycles. The van der Waals surface area contributed by atoms with Gasteiger partial charge < -0.3 is 14.9 Å². The number of hydrogen-bond donors (Lipinski definition) is 2. The van der Waals surface area contributed by atoms with Crippen molar-refractivity contribution in [2.24, 2.45) is 0 Å². The molecule has 8 heteroatoms. The Morgan fingerprint density at radius 1 is 1.10 bits per heavy atom. The maximum Gasteiger partial charge on any atom is 0.418 e. The molecular formula is C12H21F3N2O3. The Hall–Kier alpha value is -0.410. The van der Waals surface area contributed by atoms with E-state index in [0.29, 0.717) is 19.8 Å². The summed E-state index contributed by atoms with van der Waals surface area (Å²) in [4.78, 5) is 3.50. The molecule has 2 heterocycles. The number of aliphatic hydroxyl groups excluding tert-OH is 1. The fraction of sp³-hybridized carbons (Fsp3) is 1.00. The summed E-state index contributed by atoms with van der Waals surface area (Å²) in [5.74, 6) is 0. The first-order chi connectivity index (χ1) is 9.30. The summed E-state index contributed by atoms with van der Waals surface area (Å²) in [6.45, 7) is 2.94. The summed E-state index contributed by atoms with van der Waals surface area (Å²) in [7, 11) is 0. The van der Waals surface area contributed by atoms with Crippen LogP contribution in [0.25, 0.3) is 0 Å². The summed E-state index contributed by atoms with van der Waals surface area (Å²) >= 11 is 0. The van der Waals surface area contributed by atoms with E-state index in [-0.39, 0.29) is 19.5 Å². The smallest absolute Gasteiger partial charge is 0.390 e. The van der Waals surface area contributed by atoms with E-state index in [2.05, 4.69) is 0 Å². The summed E-state index contributed by atoms with van der Waals surface area (Å²) < 4.78 is 43.2. The molecule has 0 radical (unpaired) electrons. The second-order valence-corrected chi connectivity index (χ2v) is 5.58. The van der Waals surface area contributed by atoms with Gasteiger partial charge in [0.2, 0.25) is 0 Å². The van der Waals surface area contributed by atoms with Gasteiger partial charge in [0.15, 0.2) is 5.60 Å². The molecule has 2 saturated heterocycles. The number of ether oxygens (including phenoxy) is 1. The van der Waals surface area contributed by atoms with Gasteiger partial charge in [-0.1, -0.05) is 0 Å². The molecule has 118 valence electrons. The third-order valence-electron chi connectivity index (χ3n) is 3.90. The molecule has 0 bridgehead atoms. The lowest BCUT2D eigenvalue weighted by molar-refractivity contribution is -0.254. The van der Waals surface area contributed by atoms with E-state index in [4.69, 9.17) is 4.74 Å². The van der Waals surface area contributed by atoms with Gasteiger partial charge in [-0.05, 0) is 6.42 Å². The number of nitrogens with zero attached hydrogens (tertiary/aromatic N) is 2. The predicted octanol–water partition coefficient (Wildman–Crippen LogP) is -0.321. The van der Waals surface area contributed by atoms with Crippen LogP contribution < -0.4 is 0 Å². The summed E-state index contributed by atoms with van der Waals surface area (Å²) in [5, 5.41) is 19.5. The molecule has 2 fully saturated rings. The highest BCUT2D eigenvalue weighted by atomic mass is 19.4. The molecule has 2 rings (SSSR count). The minimum Gasteiger partial charge on any atom is -0.390 e. The second-order valence-electron chi connectivity index (χ2n) is 5.58. The number of aliphatic hydroxyl groups is 2. The van der Waals surface area contributed by atoms with Gasteiger partial charge in [0.05, 0.1) is 19.3 Å². The summed E-state index contributed by atoms with van der Waals surface area (Å²) in [5.41, 5.74) is -2.63. The second kappa shape index (κ2) is 6.15. The van der Waals surface area contributed by atoms with Crippen molar-refractivity contribution >= 4 is 0 Å². The number of hydrogen-bond acceptors (Lipinski definition) is 5. The van der Waals surface area contributed by atoms with Crippen molar-refractivity contribution < 1.29 is 28.1 Å². The molecule has 0 spiro atoms. The van der Waals surface area contributed by atoms with Crippen LogP contribution in [0, 0.1) is 0 Å². The Morgan fingerprint density at radius 2 is 1.70 bits per heavy atom. The maximum absolute atomic E-state index is 12.7. The van der Waals surface area contributed by atoms with E-state index < -0.39 is 24.4 Å². The molecular weight excluding hydrogens is 277 g/mol. The van der Waals surface area contributed by atoms with Gasteiger partial charge >= 0.3 is 6.18 Å². The van der Waals surface area contributed by atoms with Gasteiger partial charge in [-0.2, -0.15) is 13.2 Å². The van der Waals surface area contributed by atoms with Crippen LogP contribution in [0.1, 0.15) is 6.42 Å². The molecule has 5 nitrogen and oxygen atoms in total. The zero-order valence-corrected chi connectivity index (χ0v) is 11.3. The van der Waals surface area contributed by atoms with Crippen molar-refractivity contribution in [1.82, 2.24) is 9.80 Å². The zero-order chi connectivity index (χ0) is 14.8. The fourth-order valence-corrected chi connectivity index (χ4v) is 2.70. The first-order valence-corrected chi connectivity index (χ1v) is 6.80. The lowest BCUT2D eigenvalue weighted by Crippen LogP contribution is -2.49. The van der Waals surface area contributed by atoms with E-state index >= 15 is 0 Å². The number of β-amino-alcohol motifs (C(OH)–C–C–N with tert-alkyl or cyclic N) is 2. The highest BCUT2D eigenvalue weighted by Crippen LogP contribution is 2.37. The number of likely N-dealkylation sites (tertiary alicyclic amines) is 1. The van der Waals surface area contributed by atoms with Crippen LogP contribution in [0.5, 0.6) is 0 Å². The Labute approximate surface area is 115 Å². The van der Waals surface area contributed by atoms with E-state index in [1.54, 1.807) is 0 Å². The van der Waals surface area contributed by atoms with Crippen LogP contribution in [-0.4, -0.2) is 90.4 Å². The molecule has 0 aliphatic carbocycles. The highest BCUT2D eigenvalue weighted by molar-refractivity contribution is 4.96. The molecule has 2 N–H and O–H groups in total. The molecule has 0 aromatic rings. The molecule has 0 aromatic heterocycles. The molecule has 0 amide bonds. The van der Waals surface area contributed by atoms with Gasteiger partial charge in [0, 0.05) is 39.3 Å². The zero-order valence-electron chi connectivity index (χ0n) is 11.3.